The summed E-state index contributed by atoms with van der Waals surface area (Å²) in [4.78, 5) is 16.2. The van der Waals surface area contributed by atoms with Gasteiger partial charge in [0.25, 0.3) is 0 Å². The van der Waals surface area contributed by atoms with Gasteiger partial charge in [-0.05, 0) is 40.9 Å². The highest BCUT2D eigenvalue weighted by Gasteiger charge is 2.12. The molecule has 0 atom stereocenters. The van der Waals surface area contributed by atoms with Crippen LogP contribution in [0, 0.1) is 0 Å². The molecular formula is C15H18BrN3O. The second kappa shape index (κ2) is 6.79. The first-order valence-corrected chi connectivity index (χ1v) is 7.61. The zero-order valence-corrected chi connectivity index (χ0v) is 13.3. The third kappa shape index (κ3) is 3.54. The molecule has 0 spiro atoms. The predicted octanol–water partition coefficient (Wildman–Crippen LogP) is 3.83. The number of halogens is 1. The Morgan fingerprint density at radius 2 is 2.10 bits per heavy atom. The molecule has 5 heteroatoms. The number of hydrogen-bond acceptors (Lipinski definition) is 3. The summed E-state index contributed by atoms with van der Waals surface area (Å²) in [5, 5.41) is 4.50. The first-order valence-electron chi connectivity index (χ1n) is 6.81. The van der Waals surface area contributed by atoms with Gasteiger partial charge in [-0.2, -0.15) is 5.10 Å². The molecule has 4 nitrogen and oxygen atoms in total. The second-order valence-corrected chi connectivity index (χ2v) is 5.66. The average Bonchev–Trinajstić information content (AvgIpc) is 2.88. The molecule has 0 radical (unpaired) electrons. The van der Waals surface area contributed by atoms with Crippen LogP contribution in [0.5, 0.6) is 0 Å². The molecule has 0 aliphatic carbocycles. The molecule has 2 aromatic rings. The Hall–Kier alpha value is -1.49. The zero-order chi connectivity index (χ0) is 14.5. The third-order valence-electron chi connectivity index (χ3n) is 3.35. The predicted molar refractivity (Wildman–Crippen MR) is 81.8 cm³/mol. The maximum absolute atomic E-state index is 12.2. The third-order valence-corrected chi connectivity index (χ3v) is 3.78. The number of carbonyl (C=O) groups excluding carboxylic acids is 1. The minimum absolute atomic E-state index is 0.0357. The number of ketones is 1. The summed E-state index contributed by atoms with van der Waals surface area (Å²) >= 11 is 3.32. The van der Waals surface area contributed by atoms with Crippen LogP contribution in [-0.4, -0.2) is 20.5 Å². The second-order valence-electron chi connectivity index (χ2n) is 4.75. The summed E-state index contributed by atoms with van der Waals surface area (Å²) in [7, 11) is 0. The van der Waals surface area contributed by atoms with Crippen LogP contribution in [0.15, 0.2) is 35.2 Å². The SMILES string of the molecule is CCC(CC)n1ccc(CC(=O)c2cncc(Br)c2)n1. The van der Waals surface area contributed by atoms with Gasteiger partial charge in [0, 0.05) is 28.6 Å². The van der Waals surface area contributed by atoms with E-state index in [-0.39, 0.29) is 5.78 Å². The minimum Gasteiger partial charge on any atom is -0.294 e. The van der Waals surface area contributed by atoms with Crippen molar-refractivity contribution in [2.45, 2.75) is 39.2 Å². The van der Waals surface area contributed by atoms with Crippen LogP contribution in [0.25, 0.3) is 0 Å². The van der Waals surface area contributed by atoms with Crippen molar-refractivity contribution in [1.82, 2.24) is 14.8 Å². The van der Waals surface area contributed by atoms with Crippen LogP contribution >= 0.6 is 15.9 Å². The monoisotopic (exact) mass is 335 g/mol. The first-order chi connectivity index (χ1) is 9.63. The van der Waals surface area contributed by atoms with E-state index in [0.717, 1.165) is 23.0 Å². The molecule has 0 unspecified atom stereocenters. The number of nitrogens with zero attached hydrogens (tertiary/aromatic N) is 3. The Balaban J connectivity index is 2.09. The van der Waals surface area contributed by atoms with E-state index in [1.807, 2.05) is 16.9 Å². The van der Waals surface area contributed by atoms with Crippen LogP contribution in [0.1, 0.15) is 48.8 Å². The highest BCUT2D eigenvalue weighted by Crippen LogP contribution is 2.16. The van der Waals surface area contributed by atoms with Crippen molar-refractivity contribution < 1.29 is 4.79 Å². The van der Waals surface area contributed by atoms with Crippen LogP contribution in [0.2, 0.25) is 0 Å². The van der Waals surface area contributed by atoms with Crippen LogP contribution in [-0.2, 0) is 6.42 Å². The Morgan fingerprint density at radius 3 is 2.75 bits per heavy atom. The summed E-state index contributed by atoms with van der Waals surface area (Å²) < 4.78 is 2.77. The molecule has 0 aromatic carbocycles. The van der Waals surface area contributed by atoms with Crippen molar-refractivity contribution in [2.24, 2.45) is 0 Å². The number of Topliss-reactive ketones (excluding diaryl/α,β-unsaturated/α-hetero) is 1. The minimum atomic E-state index is 0.0357. The fourth-order valence-electron chi connectivity index (χ4n) is 2.17. The van der Waals surface area contributed by atoms with Gasteiger partial charge in [-0.1, -0.05) is 13.8 Å². The summed E-state index contributed by atoms with van der Waals surface area (Å²) in [6, 6.07) is 4.11. The van der Waals surface area contributed by atoms with E-state index in [9.17, 15) is 4.79 Å². The van der Waals surface area contributed by atoms with Gasteiger partial charge >= 0.3 is 0 Å². The maximum Gasteiger partial charge on any atom is 0.170 e. The van der Waals surface area contributed by atoms with Gasteiger partial charge in [-0.3, -0.25) is 14.5 Å². The van der Waals surface area contributed by atoms with Crippen molar-refractivity contribution in [3.05, 3.63) is 46.5 Å². The Kier molecular flexibility index (Phi) is 5.06. The van der Waals surface area contributed by atoms with Gasteiger partial charge < -0.3 is 0 Å². The smallest absolute Gasteiger partial charge is 0.170 e. The number of aromatic nitrogens is 3. The van der Waals surface area contributed by atoms with Crippen molar-refractivity contribution in [1.29, 1.82) is 0 Å². The Bertz CT molecular complexity index is 590. The molecule has 0 amide bonds. The van der Waals surface area contributed by atoms with E-state index in [1.165, 1.54) is 0 Å². The van der Waals surface area contributed by atoms with Crippen molar-refractivity contribution in [3.8, 4) is 0 Å². The molecule has 2 heterocycles. The molecule has 0 fully saturated rings. The van der Waals surface area contributed by atoms with Gasteiger partial charge in [0.2, 0.25) is 0 Å². The highest BCUT2D eigenvalue weighted by molar-refractivity contribution is 9.10. The quantitative estimate of drug-likeness (QED) is 0.754. The maximum atomic E-state index is 12.2. The molecule has 20 heavy (non-hydrogen) atoms. The fourth-order valence-corrected chi connectivity index (χ4v) is 2.53. The van der Waals surface area contributed by atoms with E-state index in [4.69, 9.17) is 0 Å². The van der Waals surface area contributed by atoms with Crippen LogP contribution < -0.4 is 0 Å². The van der Waals surface area contributed by atoms with Gasteiger partial charge in [0.1, 0.15) is 0 Å². The Labute approximate surface area is 127 Å². The van der Waals surface area contributed by atoms with E-state index in [2.05, 4.69) is 39.9 Å². The lowest BCUT2D eigenvalue weighted by Crippen LogP contribution is -2.09. The molecule has 0 N–H and O–H groups in total. The zero-order valence-electron chi connectivity index (χ0n) is 11.7. The van der Waals surface area contributed by atoms with E-state index >= 15 is 0 Å². The lowest BCUT2D eigenvalue weighted by atomic mass is 10.1. The molecule has 0 aliphatic heterocycles. The number of pyridine rings is 1. The lowest BCUT2D eigenvalue weighted by molar-refractivity contribution is 0.0991. The normalized spacial score (nSPS) is 11.0. The molecule has 0 aliphatic rings. The molecule has 0 saturated heterocycles. The van der Waals surface area contributed by atoms with E-state index in [1.54, 1.807) is 18.5 Å². The largest absolute Gasteiger partial charge is 0.294 e. The number of rotatable bonds is 6. The van der Waals surface area contributed by atoms with Gasteiger partial charge in [-0.15, -0.1) is 0 Å². The summed E-state index contributed by atoms with van der Waals surface area (Å²) in [6.07, 6.45) is 7.61. The molecule has 2 rings (SSSR count). The highest BCUT2D eigenvalue weighted by atomic mass is 79.9. The molecular weight excluding hydrogens is 318 g/mol. The van der Waals surface area contributed by atoms with Crippen molar-refractivity contribution in [2.75, 3.05) is 0 Å². The number of carbonyl (C=O) groups is 1. The average molecular weight is 336 g/mol. The lowest BCUT2D eigenvalue weighted by Gasteiger charge is -2.12. The molecule has 2 aromatic heterocycles. The van der Waals surface area contributed by atoms with Crippen LogP contribution in [0.4, 0.5) is 0 Å². The van der Waals surface area contributed by atoms with Crippen molar-refractivity contribution in [3.63, 3.8) is 0 Å². The summed E-state index contributed by atoms with van der Waals surface area (Å²) in [6.45, 7) is 4.29. The van der Waals surface area contributed by atoms with Crippen LogP contribution in [0.3, 0.4) is 0 Å². The Morgan fingerprint density at radius 1 is 1.35 bits per heavy atom. The molecule has 0 saturated carbocycles. The standard InChI is InChI=1S/C15H18BrN3O/c1-3-14(4-2)19-6-5-13(18-19)8-15(20)11-7-12(16)10-17-9-11/h5-7,9-10,14H,3-4,8H2,1-2H3. The van der Waals surface area contributed by atoms with E-state index < -0.39 is 0 Å². The van der Waals surface area contributed by atoms with Gasteiger partial charge in [0.05, 0.1) is 18.2 Å². The molecule has 0 bridgehead atoms. The van der Waals surface area contributed by atoms with E-state index in [0.29, 0.717) is 18.0 Å². The first kappa shape index (κ1) is 14.9. The van der Waals surface area contributed by atoms with Gasteiger partial charge in [0.15, 0.2) is 5.78 Å². The summed E-state index contributed by atoms with van der Waals surface area (Å²) in [5.74, 6) is 0.0357. The van der Waals surface area contributed by atoms with Crippen molar-refractivity contribution >= 4 is 21.7 Å². The fraction of sp³-hybridized carbons (Fsp3) is 0.400. The molecule has 106 valence electrons. The number of hydrogen-bond donors (Lipinski definition) is 0. The topological polar surface area (TPSA) is 47.8 Å². The van der Waals surface area contributed by atoms with Gasteiger partial charge in [-0.25, -0.2) is 0 Å². The summed E-state index contributed by atoms with van der Waals surface area (Å²) in [5.41, 5.74) is 1.42.